The third kappa shape index (κ3) is 3.42. The first-order valence-corrected chi connectivity index (χ1v) is 7.03. The molecule has 1 heterocycles. The molecule has 0 aliphatic rings. The van der Waals surface area contributed by atoms with Gasteiger partial charge in [0.1, 0.15) is 0 Å². The summed E-state index contributed by atoms with van der Waals surface area (Å²) in [5.74, 6) is -1.16. The Morgan fingerprint density at radius 3 is 2.80 bits per heavy atom. The topological polar surface area (TPSA) is 79.3 Å². The van der Waals surface area contributed by atoms with Gasteiger partial charge in [-0.25, -0.2) is 4.98 Å². The molecular weight excluding hydrogens is 276 g/mol. The van der Waals surface area contributed by atoms with Crippen LogP contribution in [0.3, 0.4) is 0 Å². The minimum atomic E-state index is -0.940. The number of anilines is 1. The van der Waals surface area contributed by atoms with E-state index < -0.39 is 5.97 Å². The summed E-state index contributed by atoms with van der Waals surface area (Å²) in [7, 11) is 0. The second-order valence-corrected chi connectivity index (χ2v) is 5.04. The Morgan fingerprint density at radius 2 is 2.10 bits per heavy atom. The Morgan fingerprint density at radius 1 is 1.35 bits per heavy atom. The molecule has 0 radical (unpaired) electrons. The van der Waals surface area contributed by atoms with E-state index in [1.807, 2.05) is 25.1 Å². The first kappa shape index (κ1) is 14.2. The van der Waals surface area contributed by atoms with Crippen LogP contribution < -0.4 is 5.32 Å². The Balaban J connectivity index is 2.11. The number of carbonyl (C=O) groups excluding carboxylic acids is 1. The number of thiazole rings is 1. The zero-order chi connectivity index (χ0) is 14.5. The molecule has 0 saturated heterocycles. The fourth-order valence-corrected chi connectivity index (χ4v) is 2.52. The lowest BCUT2D eigenvalue weighted by Crippen LogP contribution is -2.14. The first-order valence-electron chi connectivity index (χ1n) is 6.15. The molecule has 0 saturated carbocycles. The highest BCUT2D eigenvalue weighted by Crippen LogP contribution is 2.18. The molecule has 5 nitrogen and oxygen atoms in total. The van der Waals surface area contributed by atoms with Crippen molar-refractivity contribution in [1.29, 1.82) is 0 Å². The van der Waals surface area contributed by atoms with E-state index in [-0.39, 0.29) is 12.3 Å². The van der Waals surface area contributed by atoms with Gasteiger partial charge in [-0.15, -0.1) is 11.3 Å². The summed E-state index contributed by atoms with van der Waals surface area (Å²) in [4.78, 5) is 26.8. The highest BCUT2D eigenvalue weighted by molar-refractivity contribution is 7.14. The molecule has 1 aromatic heterocycles. The van der Waals surface area contributed by atoms with E-state index in [0.717, 1.165) is 12.0 Å². The number of benzene rings is 1. The van der Waals surface area contributed by atoms with Gasteiger partial charge in [0.25, 0.3) is 5.91 Å². The fourth-order valence-electron chi connectivity index (χ4n) is 1.82. The number of aryl methyl sites for hydroxylation is 1. The van der Waals surface area contributed by atoms with Crippen molar-refractivity contribution in [2.24, 2.45) is 0 Å². The van der Waals surface area contributed by atoms with Crippen LogP contribution in [0.15, 0.2) is 29.6 Å². The maximum atomic E-state index is 12.2. The molecule has 2 rings (SSSR count). The lowest BCUT2D eigenvalue weighted by molar-refractivity contribution is -0.136. The van der Waals surface area contributed by atoms with E-state index in [0.29, 0.717) is 16.4 Å². The van der Waals surface area contributed by atoms with Gasteiger partial charge >= 0.3 is 5.97 Å². The summed E-state index contributed by atoms with van der Waals surface area (Å²) in [6, 6.07) is 7.38. The molecule has 2 N–H and O–H groups in total. The zero-order valence-corrected chi connectivity index (χ0v) is 11.7. The van der Waals surface area contributed by atoms with Gasteiger partial charge in [-0.3, -0.25) is 14.9 Å². The van der Waals surface area contributed by atoms with Crippen LogP contribution in [0.5, 0.6) is 0 Å². The SMILES string of the molecule is CCc1ccccc1C(=O)Nc1nc(CC(=O)O)cs1. The van der Waals surface area contributed by atoms with Gasteiger partial charge in [0.05, 0.1) is 12.1 Å². The van der Waals surface area contributed by atoms with Crippen LogP contribution in [0.2, 0.25) is 0 Å². The first-order chi connectivity index (χ1) is 9.60. The molecule has 0 spiro atoms. The number of hydrogen-bond acceptors (Lipinski definition) is 4. The van der Waals surface area contributed by atoms with E-state index in [1.54, 1.807) is 11.4 Å². The third-order valence-electron chi connectivity index (χ3n) is 2.75. The number of nitrogens with one attached hydrogen (secondary N) is 1. The molecule has 0 bridgehead atoms. The fraction of sp³-hybridized carbons (Fsp3) is 0.214. The van der Waals surface area contributed by atoms with Gasteiger partial charge in [0.2, 0.25) is 0 Å². The number of hydrogen-bond donors (Lipinski definition) is 2. The lowest BCUT2D eigenvalue weighted by atomic mass is 10.1. The molecular formula is C14H14N2O3S. The monoisotopic (exact) mass is 290 g/mol. The van der Waals surface area contributed by atoms with Gasteiger partial charge in [0.15, 0.2) is 5.13 Å². The largest absolute Gasteiger partial charge is 0.481 e. The van der Waals surface area contributed by atoms with Crippen molar-refractivity contribution in [2.45, 2.75) is 19.8 Å². The molecule has 0 aliphatic carbocycles. The van der Waals surface area contributed by atoms with E-state index >= 15 is 0 Å². The Hall–Kier alpha value is -2.21. The van der Waals surface area contributed by atoms with Crippen molar-refractivity contribution in [3.8, 4) is 0 Å². The zero-order valence-electron chi connectivity index (χ0n) is 10.9. The number of nitrogens with zero attached hydrogens (tertiary/aromatic N) is 1. The van der Waals surface area contributed by atoms with Crippen LogP contribution in [0.4, 0.5) is 5.13 Å². The molecule has 2 aromatic rings. The minimum Gasteiger partial charge on any atom is -0.481 e. The summed E-state index contributed by atoms with van der Waals surface area (Å²) >= 11 is 1.22. The molecule has 0 aliphatic heterocycles. The standard InChI is InChI=1S/C14H14N2O3S/c1-2-9-5-3-4-6-11(9)13(19)16-14-15-10(8-20-14)7-12(17)18/h3-6,8H,2,7H2,1H3,(H,17,18)(H,15,16,19). The number of carbonyl (C=O) groups is 2. The predicted octanol–water partition coefficient (Wildman–Crippen LogP) is 2.58. The molecule has 1 aromatic carbocycles. The van der Waals surface area contributed by atoms with Crippen LogP contribution in [-0.2, 0) is 17.6 Å². The van der Waals surface area contributed by atoms with E-state index in [4.69, 9.17) is 5.11 Å². The normalized spacial score (nSPS) is 10.2. The number of carboxylic acids is 1. The summed E-state index contributed by atoms with van der Waals surface area (Å²) in [5, 5.41) is 13.4. The third-order valence-corrected chi connectivity index (χ3v) is 3.55. The van der Waals surface area contributed by atoms with Crippen molar-refractivity contribution in [3.63, 3.8) is 0 Å². The number of rotatable bonds is 5. The quantitative estimate of drug-likeness (QED) is 0.887. The number of aromatic nitrogens is 1. The van der Waals surface area contributed by atoms with Gasteiger partial charge in [-0.1, -0.05) is 25.1 Å². The van der Waals surface area contributed by atoms with E-state index in [2.05, 4.69) is 10.3 Å². The molecule has 104 valence electrons. The maximum absolute atomic E-state index is 12.2. The van der Waals surface area contributed by atoms with Crippen LogP contribution in [0, 0.1) is 0 Å². The smallest absolute Gasteiger partial charge is 0.309 e. The van der Waals surface area contributed by atoms with Crippen molar-refractivity contribution >= 4 is 28.3 Å². The summed E-state index contributed by atoms with van der Waals surface area (Å²) < 4.78 is 0. The van der Waals surface area contributed by atoms with Crippen LogP contribution in [-0.4, -0.2) is 22.0 Å². The van der Waals surface area contributed by atoms with Crippen LogP contribution >= 0.6 is 11.3 Å². The van der Waals surface area contributed by atoms with Crippen molar-refractivity contribution < 1.29 is 14.7 Å². The molecule has 20 heavy (non-hydrogen) atoms. The molecule has 1 amide bonds. The lowest BCUT2D eigenvalue weighted by Gasteiger charge is -2.06. The van der Waals surface area contributed by atoms with Gasteiger partial charge in [-0.2, -0.15) is 0 Å². The molecule has 0 atom stereocenters. The number of aliphatic carboxylic acids is 1. The van der Waals surface area contributed by atoms with Crippen molar-refractivity contribution in [2.75, 3.05) is 5.32 Å². The minimum absolute atomic E-state index is 0.141. The highest BCUT2D eigenvalue weighted by Gasteiger charge is 2.12. The van der Waals surface area contributed by atoms with Crippen molar-refractivity contribution in [1.82, 2.24) is 4.98 Å². The summed E-state index contributed by atoms with van der Waals surface area (Å²) in [5.41, 5.74) is 2.03. The highest BCUT2D eigenvalue weighted by atomic mass is 32.1. The Bertz CT molecular complexity index is 637. The van der Waals surface area contributed by atoms with Gasteiger partial charge < -0.3 is 5.11 Å². The Kier molecular flexibility index (Phi) is 4.47. The van der Waals surface area contributed by atoms with Crippen molar-refractivity contribution in [3.05, 3.63) is 46.5 Å². The predicted molar refractivity (Wildman–Crippen MR) is 77.2 cm³/mol. The molecule has 0 fully saturated rings. The maximum Gasteiger partial charge on any atom is 0.309 e. The molecule has 6 heteroatoms. The van der Waals surface area contributed by atoms with E-state index in [1.165, 1.54) is 11.3 Å². The average Bonchev–Trinajstić information content (AvgIpc) is 2.85. The van der Waals surface area contributed by atoms with Gasteiger partial charge in [-0.05, 0) is 18.1 Å². The number of carboxylic acid groups (broad SMARTS) is 1. The Labute approximate surface area is 120 Å². The van der Waals surface area contributed by atoms with Gasteiger partial charge in [0, 0.05) is 10.9 Å². The summed E-state index contributed by atoms with van der Waals surface area (Å²) in [6.45, 7) is 1.99. The number of amides is 1. The van der Waals surface area contributed by atoms with Crippen LogP contribution in [0.1, 0.15) is 28.5 Å². The average molecular weight is 290 g/mol. The summed E-state index contributed by atoms with van der Waals surface area (Å²) in [6.07, 6.45) is 0.629. The second kappa shape index (κ2) is 6.29. The van der Waals surface area contributed by atoms with Crippen LogP contribution in [0.25, 0.3) is 0 Å². The van der Waals surface area contributed by atoms with E-state index in [9.17, 15) is 9.59 Å². The second-order valence-electron chi connectivity index (χ2n) is 4.18. The molecule has 0 unspecified atom stereocenters.